The maximum Gasteiger partial charge on any atom is 0.194 e. The van der Waals surface area contributed by atoms with E-state index in [1.807, 2.05) is 0 Å². The Morgan fingerprint density at radius 1 is 2.00 bits per heavy atom. The summed E-state index contributed by atoms with van der Waals surface area (Å²) >= 11 is 0. The highest BCUT2D eigenvalue weighted by atomic mass is 16.6. The van der Waals surface area contributed by atoms with Crippen molar-refractivity contribution in [2.24, 2.45) is 0 Å². The third-order valence-corrected chi connectivity index (χ3v) is 0. The number of nitro groups is 1. The fourth-order valence-electron chi connectivity index (χ4n) is 0. The highest BCUT2D eigenvalue weighted by Gasteiger charge is 1.57. The Balaban J connectivity index is 2.80. The van der Waals surface area contributed by atoms with Gasteiger partial charge in [-0.25, -0.2) is 0 Å². The lowest BCUT2D eigenvalue weighted by atomic mass is 12.3. The second-order valence-electron chi connectivity index (χ2n) is 0.440. The Labute approximate surface area is 23.4 Å². The molecule has 0 rings (SSSR count). The summed E-state index contributed by atoms with van der Waals surface area (Å²) in [6, 6.07) is 0. The quantitative estimate of drug-likeness (QED) is 0.223. The molecule has 0 aliphatic carbocycles. The first-order chi connectivity index (χ1) is 1.73. The van der Waals surface area contributed by atoms with E-state index in [2.05, 4.69) is 0 Å². The number of hydrogen-bond acceptors (Lipinski definition) is 2. The lowest BCUT2D eigenvalue weighted by Crippen LogP contribution is -1.79. The predicted octanol–water partition coefficient (Wildman–Crippen LogP) is -0.107. The van der Waals surface area contributed by atoms with Gasteiger partial charge in [0.25, 0.3) is 0 Å². The Kier molecular flexibility index (Phi) is 0.694. The molecule has 0 amide bonds. The van der Waals surface area contributed by atoms with Gasteiger partial charge in [-0.2, -0.15) is 0 Å². The molecule has 0 N–H and O–H groups in total. The molecule has 3 heteroatoms. The van der Waals surface area contributed by atoms with Gasteiger partial charge in [0.15, 0.2) is 7.05 Å². The van der Waals surface area contributed by atoms with Crippen LogP contribution in [-0.2, 0) is 0 Å². The Morgan fingerprint density at radius 2 is 2.00 bits per heavy atom. The molecule has 0 aromatic heterocycles. The molecule has 0 aromatic carbocycles. The third kappa shape index (κ3) is 0.622. The van der Waals surface area contributed by atoms with Crippen LogP contribution in [0.4, 0.5) is 0 Å². The SMILES string of the molecule is [13CH3][N+](=O)[O-]. The van der Waals surface area contributed by atoms with Crippen molar-refractivity contribution in [2.75, 3.05) is 7.05 Å². The van der Waals surface area contributed by atoms with Crippen LogP contribution in [-0.4, -0.2) is 12.0 Å². The molecule has 0 spiro atoms. The van der Waals surface area contributed by atoms with Crippen LogP contribution in [0.15, 0.2) is 0 Å². The normalized spacial score (nSPS) is 6.25. The largest absolute Gasteiger partial charge is 0.265 e. The summed E-state index contributed by atoms with van der Waals surface area (Å²) in [6.45, 7) is 0. The van der Waals surface area contributed by atoms with Gasteiger partial charge in [-0.15, -0.1) is 0 Å². The van der Waals surface area contributed by atoms with Gasteiger partial charge < -0.3 is 0 Å². The van der Waals surface area contributed by atoms with Crippen LogP contribution >= 0.6 is 0 Å². The topological polar surface area (TPSA) is 43.1 Å². The second kappa shape index (κ2) is 0.817. The van der Waals surface area contributed by atoms with Crippen LogP contribution < -0.4 is 0 Å². The fraction of sp³-hybridized carbons (Fsp3) is 1.00. The van der Waals surface area contributed by atoms with Crippen molar-refractivity contribution in [3.8, 4) is 0 Å². The average molecular weight is 62.0 g/mol. The summed E-state index contributed by atoms with van der Waals surface area (Å²) in [4.78, 5) is 8.31. The molecule has 3 nitrogen and oxygen atoms in total. The van der Waals surface area contributed by atoms with E-state index in [9.17, 15) is 0 Å². The zero-order valence-corrected chi connectivity index (χ0v) is 2.26. The Hall–Kier alpha value is -0.600. The molecule has 0 unspecified atom stereocenters. The van der Waals surface area contributed by atoms with Gasteiger partial charge in [-0.05, 0) is 0 Å². The lowest BCUT2D eigenvalue weighted by Gasteiger charge is -1.63. The van der Waals surface area contributed by atoms with Gasteiger partial charge in [-0.3, -0.25) is 10.1 Å². The van der Waals surface area contributed by atoms with Crippen molar-refractivity contribution in [3.63, 3.8) is 0 Å². The first kappa shape index (κ1) is 3.40. The number of nitrogens with zero attached hydrogens (tertiary/aromatic N) is 1. The molecule has 0 heterocycles. The molecular formula is CH3NO2. The Bertz CT molecular complexity index is 29.0. The summed E-state index contributed by atoms with van der Waals surface area (Å²) in [7, 11) is 0.889. The van der Waals surface area contributed by atoms with E-state index in [4.69, 9.17) is 10.1 Å². The minimum Gasteiger partial charge on any atom is -0.265 e. The standard InChI is InChI=1S/CH3NO2/c1-2(3)4/h1H3/i1+1. The van der Waals surface area contributed by atoms with Gasteiger partial charge in [0.2, 0.25) is 0 Å². The van der Waals surface area contributed by atoms with E-state index in [0.29, 0.717) is 0 Å². The van der Waals surface area contributed by atoms with Gasteiger partial charge >= 0.3 is 0 Å². The van der Waals surface area contributed by atoms with Crippen LogP contribution in [0.2, 0.25) is 0 Å². The number of hydrogen-bond donors (Lipinski definition) is 0. The third-order valence-electron chi connectivity index (χ3n) is 0. The smallest absolute Gasteiger partial charge is 0.194 e. The van der Waals surface area contributed by atoms with Crippen molar-refractivity contribution in [1.29, 1.82) is 0 Å². The molecule has 0 saturated carbocycles. The average Bonchev–Trinajstić information content (AvgIpc) is 0.811. The molecule has 24 valence electrons. The molecule has 0 atom stereocenters. The minimum atomic E-state index is -0.500. The van der Waals surface area contributed by atoms with Crippen LogP contribution in [0.1, 0.15) is 0 Å². The van der Waals surface area contributed by atoms with E-state index >= 15 is 0 Å². The summed E-state index contributed by atoms with van der Waals surface area (Å²) in [5.74, 6) is 0. The summed E-state index contributed by atoms with van der Waals surface area (Å²) in [5.41, 5.74) is 0. The van der Waals surface area contributed by atoms with Crippen molar-refractivity contribution in [2.45, 2.75) is 0 Å². The maximum atomic E-state index is 8.81. The minimum absolute atomic E-state index is 0.500. The summed E-state index contributed by atoms with van der Waals surface area (Å²) < 4.78 is 0. The van der Waals surface area contributed by atoms with E-state index in [0.717, 1.165) is 7.05 Å². The highest BCUT2D eigenvalue weighted by molar-refractivity contribution is 3.91. The summed E-state index contributed by atoms with van der Waals surface area (Å²) in [5, 5.41) is 8.81. The predicted molar refractivity (Wildman–Crippen MR) is 12.9 cm³/mol. The maximum absolute atomic E-state index is 8.81. The van der Waals surface area contributed by atoms with Gasteiger partial charge in [0.1, 0.15) is 0 Å². The molecule has 0 radical (unpaired) electrons. The van der Waals surface area contributed by atoms with Crippen LogP contribution in [0, 0.1) is 10.1 Å². The van der Waals surface area contributed by atoms with Crippen molar-refractivity contribution < 1.29 is 4.92 Å². The number of rotatable bonds is 0. The molecule has 0 fully saturated rings. The lowest BCUT2D eigenvalue weighted by molar-refractivity contribution is -0.445. The molecule has 0 aromatic rings. The Morgan fingerprint density at radius 3 is 2.00 bits per heavy atom. The first-order valence-electron chi connectivity index (χ1n) is 0.812. The van der Waals surface area contributed by atoms with Gasteiger partial charge in [0, 0.05) is 4.92 Å². The van der Waals surface area contributed by atoms with Gasteiger partial charge in [0.05, 0.1) is 0 Å². The van der Waals surface area contributed by atoms with E-state index in [1.165, 1.54) is 0 Å². The van der Waals surface area contributed by atoms with Crippen LogP contribution in [0.5, 0.6) is 0 Å². The van der Waals surface area contributed by atoms with Crippen molar-refractivity contribution in [1.82, 2.24) is 0 Å². The fourth-order valence-corrected chi connectivity index (χ4v) is 0. The zero-order chi connectivity index (χ0) is 3.58. The molecule has 4 heavy (non-hydrogen) atoms. The molecule has 0 aliphatic heterocycles. The van der Waals surface area contributed by atoms with Crippen LogP contribution in [0.25, 0.3) is 0 Å². The van der Waals surface area contributed by atoms with Crippen molar-refractivity contribution >= 4 is 0 Å². The highest BCUT2D eigenvalue weighted by Crippen LogP contribution is 1.39. The zero-order valence-electron chi connectivity index (χ0n) is 2.26. The van der Waals surface area contributed by atoms with Crippen molar-refractivity contribution in [3.05, 3.63) is 10.1 Å². The molecule has 0 aliphatic rings. The molecule has 0 bridgehead atoms. The van der Waals surface area contributed by atoms with E-state index in [-0.39, 0.29) is 0 Å². The summed E-state index contributed by atoms with van der Waals surface area (Å²) in [6.07, 6.45) is 0. The monoisotopic (exact) mass is 62.0 g/mol. The molecule has 0 saturated heterocycles. The first-order valence-corrected chi connectivity index (χ1v) is 0.812. The van der Waals surface area contributed by atoms with E-state index < -0.39 is 4.92 Å². The second-order valence-corrected chi connectivity index (χ2v) is 0.440. The van der Waals surface area contributed by atoms with Crippen LogP contribution in [0.3, 0.4) is 0 Å². The molecular weight excluding hydrogens is 59.0 g/mol. The van der Waals surface area contributed by atoms with E-state index in [1.54, 1.807) is 0 Å². The van der Waals surface area contributed by atoms with Gasteiger partial charge in [-0.1, -0.05) is 0 Å².